The van der Waals surface area contributed by atoms with E-state index in [1.807, 2.05) is 6.92 Å². The molecule has 2 heteroatoms. The Balaban J connectivity index is 2.67. The minimum absolute atomic E-state index is 0.000000000000000222. The summed E-state index contributed by atoms with van der Waals surface area (Å²) in [6.07, 6.45) is -0.000000000000000222. The Hall–Kier alpha value is -0.500. The Kier molecular flexibility index (Phi) is 2.00. The van der Waals surface area contributed by atoms with Crippen molar-refractivity contribution in [2.45, 2.75) is 26.9 Å². The highest BCUT2D eigenvalue weighted by molar-refractivity contribution is 5.14. The summed E-state index contributed by atoms with van der Waals surface area (Å²) in [4.78, 5) is 0. The second-order valence-electron chi connectivity index (χ2n) is 2.87. The fraction of sp³-hybridized carbons (Fsp3) is 0.750. The van der Waals surface area contributed by atoms with Crippen LogP contribution in [0.15, 0.2) is 11.3 Å². The van der Waals surface area contributed by atoms with Crippen LogP contribution in [-0.2, 0) is 4.74 Å². The van der Waals surface area contributed by atoms with E-state index in [2.05, 4.69) is 13.8 Å². The summed E-state index contributed by atoms with van der Waals surface area (Å²) in [5, 5.41) is 8.82. The van der Waals surface area contributed by atoms with Gasteiger partial charge in [0.25, 0.3) is 0 Å². The second kappa shape index (κ2) is 2.62. The topological polar surface area (TPSA) is 29.5 Å². The largest absolute Gasteiger partial charge is 0.492 e. The molecule has 0 aromatic rings. The number of aliphatic hydroxyl groups is 1. The molecule has 0 aliphatic carbocycles. The van der Waals surface area contributed by atoms with E-state index in [0.717, 1.165) is 5.76 Å². The van der Waals surface area contributed by atoms with Crippen LogP contribution in [0.2, 0.25) is 0 Å². The van der Waals surface area contributed by atoms with Crippen LogP contribution < -0.4 is 0 Å². The third-order valence-corrected chi connectivity index (χ3v) is 2.30. The summed E-state index contributed by atoms with van der Waals surface area (Å²) in [6, 6.07) is 0. The summed E-state index contributed by atoms with van der Waals surface area (Å²) in [7, 11) is 0. The molecule has 0 saturated carbocycles. The normalized spacial score (nSPS) is 32.8. The van der Waals surface area contributed by atoms with Crippen LogP contribution in [0.3, 0.4) is 0 Å². The van der Waals surface area contributed by atoms with Gasteiger partial charge in [-0.1, -0.05) is 6.92 Å². The molecule has 0 spiro atoms. The molecule has 2 nitrogen and oxygen atoms in total. The van der Waals surface area contributed by atoms with Gasteiger partial charge in [0.05, 0.1) is 12.4 Å². The van der Waals surface area contributed by atoms with E-state index in [1.54, 1.807) is 0 Å². The lowest BCUT2D eigenvalue weighted by Crippen LogP contribution is -2.19. The number of rotatable bonds is 1. The van der Waals surface area contributed by atoms with Crippen molar-refractivity contribution < 1.29 is 9.84 Å². The Morgan fingerprint density at radius 2 is 2.10 bits per heavy atom. The van der Waals surface area contributed by atoms with Crippen molar-refractivity contribution in [3.63, 3.8) is 0 Å². The quantitative estimate of drug-likeness (QED) is 0.598. The molecule has 2 atom stereocenters. The maximum atomic E-state index is 8.82. The summed E-state index contributed by atoms with van der Waals surface area (Å²) in [5.41, 5.74) is 1.26. The van der Waals surface area contributed by atoms with Gasteiger partial charge in [0.15, 0.2) is 0 Å². The van der Waals surface area contributed by atoms with Crippen molar-refractivity contribution in [1.82, 2.24) is 0 Å². The number of hydrogen-bond donors (Lipinski definition) is 1. The SMILES string of the molecule is CC1=C(C)C(C)[C@@H](CO)O1. The molecule has 0 bridgehead atoms. The lowest BCUT2D eigenvalue weighted by atomic mass is 9.99. The van der Waals surface area contributed by atoms with E-state index in [1.165, 1.54) is 5.57 Å². The molecule has 0 aromatic carbocycles. The van der Waals surface area contributed by atoms with Gasteiger partial charge in [-0.2, -0.15) is 0 Å². The second-order valence-corrected chi connectivity index (χ2v) is 2.87. The van der Waals surface area contributed by atoms with Crippen LogP contribution in [0, 0.1) is 5.92 Å². The molecular weight excluding hydrogens is 128 g/mol. The Bertz CT molecular complexity index is 161. The zero-order valence-corrected chi connectivity index (χ0v) is 6.72. The first kappa shape index (κ1) is 7.61. The third-order valence-electron chi connectivity index (χ3n) is 2.30. The van der Waals surface area contributed by atoms with Crippen LogP contribution >= 0.6 is 0 Å². The molecule has 1 aliphatic rings. The summed E-state index contributed by atoms with van der Waals surface area (Å²) < 4.78 is 5.36. The van der Waals surface area contributed by atoms with Gasteiger partial charge in [-0.15, -0.1) is 0 Å². The molecule has 1 aliphatic heterocycles. The Morgan fingerprint density at radius 3 is 2.30 bits per heavy atom. The molecule has 1 unspecified atom stereocenters. The summed E-state index contributed by atoms with van der Waals surface area (Å²) >= 11 is 0. The van der Waals surface area contributed by atoms with E-state index >= 15 is 0 Å². The zero-order chi connectivity index (χ0) is 7.72. The molecular formula is C8H14O2. The van der Waals surface area contributed by atoms with Crippen molar-refractivity contribution in [2.24, 2.45) is 5.92 Å². The van der Waals surface area contributed by atoms with E-state index in [0.29, 0.717) is 5.92 Å². The maximum Gasteiger partial charge on any atom is 0.127 e. The first-order valence-electron chi connectivity index (χ1n) is 3.61. The molecule has 0 aromatic heterocycles. The van der Waals surface area contributed by atoms with Gasteiger partial charge < -0.3 is 9.84 Å². The van der Waals surface area contributed by atoms with Crippen molar-refractivity contribution >= 4 is 0 Å². The van der Waals surface area contributed by atoms with Crippen molar-refractivity contribution in [1.29, 1.82) is 0 Å². The standard InChI is InChI=1S/C8H14O2/c1-5-6(2)8(4-9)10-7(5)3/h6,8-9H,4H2,1-3H3/t6?,8-/m1/s1. The molecule has 0 fully saturated rings. The predicted octanol–water partition coefficient (Wildman–Crippen LogP) is 1.31. The highest BCUT2D eigenvalue weighted by atomic mass is 16.5. The average Bonchev–Trinajstić information content (AvgIpc) is 2.17. The first-order chi connectivity index (χ1) is 4.66. The molecule has 0 radical (unpaired) electrons. The minimum atomic E-state index is -0.000000000000000222. The molecule has 1 rings (SSSR count). The summed E-state index contributed by atoms with van der Waals surface area (Å²) in [6.45, 7) is 6.19. The highest BCUT2D eigenvalue weighted by Gasteiger charge is 2.27. The van der Waals surface area contributed by atoms with Gasteiger partial charge in [-0.05, 0) is 19.4 Å². The van der Waals surface area contributed by atoms with Crippen LogP contribution in [0.5, 0.6) is 0 Å². The Labute approximate surface area is 61.5 Å². The maximum absolute atomic E-state index is 8.82. The van der Waals surface area contributed by atoms with Crippen LogP contribution in [0.4, 0.5) is 0 Å². The number of aliphatic hydroxyl groups excluding tert-OH is 1. The number of hydrogen-bond acceptors (Lipinski definition) is 2. The van der Waals surface area contributed by atoms with Gasteiger partial charge in [0, 0.05) is 5.92 Å². The van der Waals surface area contributed by atoms with Crippen LogP contribution in [0.25, 0.3) is 0 Å². The minimum Gasteiger partial charge on any atom is -0.492 e. The Morgan fingerprint density at radius 1 is 1.50 bits per heavy atom. The van der Waals surface area contributed by atoms with Gasteiger partial charge in [0.2, 0.25) is 0 Å². The van der Waals surface area contributed by atoms with E-state index in [4.69, 9.17) is 9.84 Å². The lowest BCUT2D eigenvalue weighted by Gasteiger charge is -2.12. The predicted molar refractivity (Wildman–Crippen MR) is 39.5 cm³/mol. The zero-order valence-electron chi connectivity index (χ0n) is 6.72. The number of ether oxygens (including phenoxy) is 1. The monoisotopic (exact) mass is 142 g/mol. The van der Waals surface area contributed by atoms with Gasteiger partial charge in [-0.25, -0.2) is 0 Å². The van der Waals surface area contributed by atoms with Gasteiger partial charge in [0.1, 0.15) is 6.10 Å². The molecule has 0 saturated heterocycles. The average molecular weight is 142 g/mol. The first-order valence-corrected chi connectivity index (χ1v) is 3.61. The third kappa shape index (κ3) is 1.03. The molecule has 58 valence electrons. The smallest absolute Gasteiger partial charge is 0.127 e. The van der Waals surface area contributed by atoms with E-state index < -0.39 is 0 Å². The molecule has 1 heterocycles. The summed E-state index contributed by atoms with van der Waals surface area (Å²) in [5.74, 6) is 1.36. The van der Waals surface area contributed by atoms with Crippen molar-refractivity contribution in [3.05, 3.63) is 11.3 Å². The van der Waals surface area contributed by atoms with Crippen LogP contribution in [0.1, 0.15) is 20.8 Å². The molecule has 0 amide bonds. The highest BCUT2D eigenvalue weighted by Crippen LogP contribution is 2.29. The van der Waals surface area contributed by atoms with E-state index in [-0.39, 0.29) is 12.7 Å². The fourth-order valence-corrected chi connectivity index (χ4v) is 1.22. The molecule has 1 N–H and O–H groups in total. The van der Waals surface area contributed by atoms with Gasteiger partial charge >= 0.3 is 0 Å². The molecule has 10 heavy (non-hydrogen) atoms. The van der Waals surface area contributed by atoms with Crippen LogP contribution in [-0.4, -0.2) is 17.8 Å². The lowest BCUT2D eigenvalue weighted by molar-refractivity contribution is 0.0586. The number of allylic oxidation sites excluding steroid dienone is 1. The van der Waals surface area contributed by atoms with Gasteiger partial charge in [-0.3, -0.25) is 0 Å². The fourth-order valence-electron chi connectivity index (χ4n) is 1.22. The van der Waals surface area contributed by atoms with Crippen molar-refractivity contribution in [2.75, 3.05) is 6.61 Å². The van der Waals surface area contributed by atoms with Crippen molar-refractivity contribution in [3.8, 4) is 0 Å². The van der Waals surface area contributed by atoms with E-state index in [9.17, 15) is 0 Å².